The van der Waals surface area contributed by atoms with Crippen LogP contribution in [0.2, 0.25) is 0 Å². The minimum absolute atomic E-state index is 0.0109. The lowest BCUT2D eigenvalue weighted by Crippen LogP contribution is -2.39. The quantitative estimate of drug-likeness (QED) is 0.711. The molecule has 2 amide bonds. The minimum Gasteiger partial charge on any atom is -0.481 e. The van der Waals surface area contributed by atoms with Crippen LogP contribution in [0.3, 0.4) is 0 Å². The molecule has 2 N–H and O–H groups in total. The number of nitrogens with one attached hydrogen (secondary N) is 1. The summed E-state index contributed by atoms with van der Waals surface area (Å²) < 4.78 is 0. The largest absolute Gasteiger partial charge is 0.481 e. The Kier molecular flexibility index (Phi) is 6.12. The summed E-state index contributed by atoms with van der Waals surface area (Å²) in [5.74, 6) is 0.0446. The van der Waals surface area contributed by atoms with Crippen molar-refractivity contribution in [3.8, 4) is 0 Å². The molecule has 0 radical (unpaired) electrons. The zero-order valence-corrected chi connectivity index (χ0v) is 12.2. The molecule has 0 aromatic rings. The Balaban J connectivity index is 2.23. The third-order valence-corrected chi connectivity index (χ3v) is 3.88. The Labute approximate surface area is 115 Å². The van der Waals surface area contributed by atoms with E-state index in [0.29, 0.717) is 30.8 Å². The van der Waals surface area contributed by atoms with Crippen molar-refractivity contribution >= 4 is 12.0 Å². The van der Waals surface area contributed by atoms with Gasteiger partial charge in [-0.2, -0.15) is 0 Å². The van der Waals surface area contributed by atoms with Gasteiger partial charge in [-0.3, -0.25) is 4.79 Å². The fourth-order valence-corrected chi connectivity index (χ4v) is 2.24. The maximum atomic E-state index is 11.8. The number of rotatable bonds is 8. The first-order chi connectivity index (χ1) is 8.91. The van der Waals surface area contributed by atoms with Gasteiger partial charge in [0.2, 0.25) is 0 Å². The highest BCUT2D eigenvalue weighted by Crippen LogP contribution is 2.25. The molecule has 0 aromatic heterocycles. The second-order valence-electron chi connectivity index (χ2n) is 5.80. The summed E-state index contributed by atoms with van der Waals surface area (Å²) in [7, 11) is 1.83. The molecule has 0 spiro atoms. The van der Waals surface area contributed by atoms with Gasteiger partial charge in [0, 0.05) is 26.1 Å². The van der Waals surface area contributed by atoms with E-state index in [1.54, 1.807) is 4.90 Å². The zero-order valence-electron chi connectivity index (χ0n) is 12.2. The topological polar surface area (TPSA) is 69.6 Å². The summed E-state index contributed by atoms with van der Waals surface area (Å²) in [4.78, 5) is 24.1. The fourth-order valence-electron chi connectivity index (χ4n) is 2.24. The Hall–Kier alpha value is -1.26. The maximum Gasteiger partial charge on any atom is 0.317 e. The van der Waals surface area contributed by atoms with Crippen LogP contribution in [0.5, 0.6) is 0 Å². The maximum absolute atomic E-state index is 11.8. The molecule has 1 fully saturated rings. The molecule has 1 saturated carbocycles. The smallest absolute Gasteiger partial charge is 0.317 e. The highest BCUT2D eigenvalue weighted by atomic mass is 16.4. The lowest BCUT2D eigenvalue weighted by molar-refractivity contribution is -0.137. The van der Waals surface area contributed by atoms with E-state index < -0.39 is 5.97 Å². The van der Waals surface area contributed by atoms with Crippen LogP contribution in [0.4, 0.5) is 4.79 Å². The second-order valence-corrected chi connectivity index (χ2v) is 5.80. The minimum atomic E-state index is -0.747. The fraction of sp³-hybridized carbons (Fsp3) is 0.857. The molecule has 0 bridgehead atoms. The van der Waals surface area contributed by atoms with Crippen molar-refractivity contribution < 1.29 is 14.7 Å². The molecular formula is C14H26N2O3. The number of amides is 2. The average molecular weight is 270 g/mol. The van der Waals surface area contributed by atoms with E-state index in [-0.39, 0.29) is 12.5 Å². The van der Waals surface area contributed by atoms with Crippen LogP contribution in [0, 0.1) is 11.8 Å². The van der Waals surface area contributed by atoms with E-state index in [4.69, 9.17) is 5.11 Å². The van der Waals surface area contributed by atoms with Gasteiger partial charge in [-0.25, -0.2) is 4.79 Å². The molecule has 1 aliphatic rings. The standard InChI is InChI=1S/C14H26N2O3/c1-10(2)11(4-7-13(17)18)8-9-15-14(19)16(3)12-5-6-12/h10-12H,4-9H2,1-3H3,(H,15,19)(H,17,18). The van der Waals surface area contributed by atoms with E-state index in [2.05, 4.69) is 19.2 Å². The average Bonchev–Trinajstić information content (AvgIpc) is 3.15. The van der Waals surface area contributed by atoms with Crippen molar-refractivity contribution in [3.05, 3.63) is 0 Å². The lowest BCUT2D eigenvalue weighted by Gasteiger charge is -2.22. The van der Waals surface area contributed by atoms with E-state index in [1.165, 1.54) is 0 Å². The van der Waals surface area contributed by atoms with Crippen LogP contribution in [-0.2, 0) is 4.79 Å². The third kappa shape index (κ3) is 5.94. The number of carbonyl (C=O) groups excluding carboxylic acids is 1. The summed E-state index contributed by atoms with van der Waals surface area (Å²) in [5, 5.41) is 11.6. The summed E-state index contributed by atoms with van der Waals surface area (Å²) in [6.45, 7) is 4.83. The molecule has 0 aromatic carbocycles. The SMILES string of the molecule is CC(C)C(CCNC(=O)N(C)C1CC1)CCC(=O)O. The van der Waals surface area contributed by atoms with Gasteiger partial charge in [0.15, 0.2) is 0 Å². The first-order valence-electron chi connectivity index (χ1n) is 7.14. The highest BCUT2D eigenvalue weighted by Gasteiger charge is 2.29. The van der Waals surface area contributed by atoms with Gasteiger partial charge < -0.3 is 15.3 Å². The summed E-state index contributed by atoms with van der Waals surface area (Å²) >= 11 is 0. The predicted molar refractivity (Wildman–Crippen MR) is 74.0 cm³/mol. The normalized spacial score (nSPS) is 16.2. The second kappa shape index (κ2) is 7.36. The van der Waals surface area contributed by atoms with E-state index >= 15 is 0 Å². The van der Waals surface area contributed by atoms with Crippen LogP contribution in [-0.4, -0.2) is 41.6 Å². The molecule has 5 nitrogen and oxygen atoms in total. The van der Waals surface area contributed by atoms with Gasteiger partial charge in [0.25, 0.3) is 0 Å². The van der Waals surface area contributed by atoms with Gasteiger partial charge >= 0.3 is 12.0 Å². The van der Waals surface area contributed by atoms with Crippen molar-refractivity contribution in [3.63, 3.8) is 0 Å². The number of carbonyl (C=O) groups is 2. The van der Waals surface area contributed by atoms with Gasteiger partial charge in [-0.05, 0) is 37.5 Å². The van der Waals surface area contributed by atoms with Crippen molar-refractivity contribution in [1.29, 1.82) is 0 Å². The van der Waals surface area contributed by atoms with Gasteiger partial charge in [0.1, 0.15) is 0 Å². The third-order valence-electron chi connectivity index (χ3n) is 3.88. The molecule has 1 aliphatic carbocycles. The number of hydrogen-bond acceptors (Lipinski definition) is 2. The molecule has 0 aliphatic heterocycles. The first kappa shape index (κ1) is 15.8. The zero-order chi connectivity index (χ0) is 14.4. The Morgan fingerprint density at radius 2 is 1.95 bits per heavy atom. The lowest BCUT2D eigenvalue weighted by atomic mass is 9.88. The van der Waals surface area contributed by atoms with Crippen molar-refractivity contribution in [2.45, 2.75) is 52.0 Å². The Morgan fingerprint density at radius 3 is 2.42 bits per heavy atom. The number of carboxylic acids is 1. The number of urea groups is 1. The summed E-state index contributed by atoms with van der Waals surface area (Å²) in [5.41, 5.74) is 0. The number of carboxylic acid groups (broad SMARTS) is 1. The van der Waals surface area contributed by atoms with Crippen LogP contribution >= 0.6 is 0 Å². The molecule has 5 heteroatoms. The highest BCUT2D eigenvalue weighted by molar-refractivity contribution is 5.74. The first-order valence-corrected chi connectivity index (χ1v) is 7.14. The van der Waals surface area contributed by atoms with E-state index in [0.717, 1.165) is 19.3 Å². The molecule has 1 unspecified atom stereocenters. The van der Waals surface area contributed by atoms with E-state index in [1.807, 2.05) is 7.05 Å². The van der Waals surface area contributed by atoms with Crippen molar-refractivity contribution in [1.82, 2.24) is 10.2 Å². The van der Waals surface area contributed by atoms with Crippen molar-refractivity contribution in [2.24, 2.45) is 11.8 Å². The van der Waals surface area contributed by atoms with Gasteiger partial charge in [-0.1, -0.05) is 13.8 Å². The Bertz CT molecular complexity index is 314. The van der Waals surface area contributed by atoms with Gasteiger partial charge in [0.05, 0.1) is 0 Å². The molecule has 19 heavy (non-hydrogen) atoms. The van der Waals surface area contributed by atoms with Crippen LogP contribution in [0.1, 0.15) is 46.0 Å². The monoisotopic (exact) mass is 270 g/mol. The van der Waals surface area contributed by atoms with Crippen LogP contribution in [0.25, 0.3) is 0 Å². The number of aliphatic carboxylic acids is 1. The molecule has 0 heterocycles. The molecule has 110 valence electrons. The number of hydrogen-bond donors (Lipinski definition) is 2. The summed E-state index contributed by atoms with van der Waals surface area (Å²) in [6.07, 6.45) is 3.95. The van der Waals surface area contributed by atoms with E-state index in [9.17, 15) is 9.59 Å². The molecule has 1 rings (SSSR count). The summed E-state index contributed by atoms with van der Waals surface area (Å²) in [6, 6.07) is 0.413. The van der Waals surface area contributed by atoms with Crippen LogP contribution < -0.4 is 5.32 Å². The van der Waals surface area contributed by atoms with Crippen molar-refractivity contribution in [2.75, 3.05) is 13.6 Å². The molecular weight excluding hydrogens is 244 g/mol. The van der Waals surface area contributed by atoms with Crippen LogP contribution in [0.15, 0.2) is 0 Å². The Morgan fingerprint density at radius 1 is 1.32 bits per heavy atom. The molecule has 1 atom stereocenters. The number of nitrogens with zero attached hydrogens (tertiary/aromatic N) is 1. The predicted octanol–water partition coefficient (Wildman–Crippen LogP) is 2.32. The van der Waals surface area contributed by atoms with Gasteiger partial charge in [-0.15, -0.1) is 0 Å². The molecule has 0 saturated heterocycles.